The molecule has 0 aliphatic heterocycles. The Morgan fingerprint density at radius 1 is 1.12 bits per heavy atom. The van der Waals surface area contributed by atoms with Crippen LogP contribution < -0.4 is 9.62 Å². The zero-order valence-corrected chi connectivity index (χ0v) is 16.3. The van der Waals surface area contributed by atoms with E-state index in [1.54, 1.807) is 24.3 Å². The first kappa shape index (κ1) is 20.3. The Morgan fingerprint density at radius 2 is 1.85 bits per heavy atom. The molecule has 0 unspecified atom stereocenters. The molecule has 0 bridgehead atoms. The van der Waals surface area contributed by atoms with Crippen LogP contribution in [0.15, 0.2) is 54.6 Å². The summed E-state index contributed by atoms with van der Waals surface area (Å²) >= 11 is 5.94. The molecule has 0 radical (unpaired) electrons. The van der Waals surface area contributed by atoms with Crippen molar-refractivity contribution < 1.29 is 13.2 Å². The first-order chi connectivity index (χ1) is 12.4. The van der Waals surface area contributed by atoms with Crippen LogP contribution in [0.5, 0.6) is 0 Å². The van der Waals surface area contributed by atoms with Crippen LogP contribution in [0, 0.1) is 0 Å². The summed E-state index contributed by atoms with van der Waals surface area (Å²) in [5.74, 6) is -0.172. The van der Waals surface area contributed by atoms with Crippen molar-refractivity contribution in [3.05, 3.63) is 65.2 Å². The smallest absolute Gasteiger partial charge is 0.232 e. The summed E-state index contributed by atoms with van der Waals surface area (Å²) in [6.07, 6.45) is 2.93. The minimum absolute atomic E-state index is 0.0731. The van der Waals surface area contributed by atoms with E-state index in [1.807, 2.05) is 18.2 Å². The number of halogens is 1. The molecule has 26 heavy (non-hydrogen) atoms. The molecular weight excluding hydrogens is 372 g/mol. The molecule has 7 heteroatoms. The van der Waals surface area contributed by atoms with Gasteiger partial charge in [0.1, 0.15) is 0 Å². The number of amides is 1. The molecule has 5 nitrogen and oxygen atoms in total. The second-order valence-corrected chi connectivity index (χ2v) is 8.35. The van der Waals surface area contributed by atoms with Gasteiger partial charge in [0, 0.05) is 24.5 Å². The summed E-state index contributed by atoms with van der Waals surface area (Å²) < 4.78 is 25.2. The van der Waals surface area contributed by atoms with E-state index in [2.05, 4.69) is 17.4 Å². The number of nitrogens with zero attached hydrogens (tertiary/aromatic N) is 1. The molecule has 2 aromatic carbocycles. The Bertz CT molecular complexity index is 826. The van der Waals surface area contributed by atoms with Crippen molar-refractivity contribution >= 4 is 33.2 Å². The summed E-state index contributed by atoms with van der Waals surface area (Å²) in [6, 6.07) is 16.6. The van der Waals surface area contributed by atoms with E-state index >= 15 is 0 Å². The molecule has 0 fully saturated rings. The molecule has 0 saturated carbocycles. The summed E-state index contributed by atoms with van der Waals surface area (Å²) in [5.41, 5.74) is 1.68. The van der Waals surface area contributed by atoms with Crippen molar-refractivity contribution in [3.63, 3.8) is 0 Å². The Labute approximate surface area is 160 Å². The van der Waals surface area contributed by atoms with Crippen molar-refractivity contribution in [1.82, 2.24) is 5.32 Å². The number of hydrogen-bond acceptors (Lipinski definition) is 3. The predicted molar refractivity (Wildman–Crippen MR) is 106 cm³/mol. The van der Waals surface area contributed by atoms with Crippen LogP contribution in [-0.4, -0.2) is 33.7 Å². The fourth-order valence-electron chi connectivity index (χ4n) is 2.57. The first-order valence-electron chi connectivity index (χ1n) is 8.40. The zero-order valence-electron chi connectivity index (χ0n) is 14.7. The van der Waals surface area contributed by atoms with Crippen molar-refractivity contribution in [2.75, 3.05) is 23.7 Å². The van der Waals surface area contributed by atoms with Crippen molar-refractivity contribution in [2.24, 2.45) is 0 Å². The van der Waals surface area contributed by atoms with Crippen LogP contribution in [0.3, 0.4) is 0 Å². The minimum atomic E-state index is -3.50. The molecule has 0 aliphatic rings. The Morgan fingerprint density at radius 3 is 2.50 bits per heavy atom. The lowest BCUT2D eigenvalue weighted by Gasteiger charge is -2.22. The summed E-state index contributed by atoms with van der Waals surface area (Å²) in [5, 5.41) is 3.28. The molecule has 0 aromatic heterocycles. The van der Waals surface area contributed by atoms with Gasteiger partial charge in [0.2, 0.25) is 15.9 Å². The second-order valence-electron chi connectivity index (χ2n) is 6.00. The monoisotopic (exact) mass is 394 g/mol. The molecule has 0 heterocycles. The van der Waals surface area contributed by atoms with Crippen molar-refractivity contribution in [3.8, 4) is 0 Å². The number of hydrogen-bond donors (Lipinski definition) is 1. The van der Waals surface area contributed by atoms with Gasteiger partial charge in [-0.3, -0.25) is 9.10 Å². The zero-order chi connectivity index (χ0) is 19.0. The number of anilines is 1. The van der Waals surface area contributed by atoms with Gasteiger partial charge in [-0.05, 0) is 36.6 Å². The van der Waals surface area contributed by atoms with Gasteiger partial charge < -0.3 is 5.32 Å². The van der Waals surface area contributed by atoms with E-state index in [4.69, 9.17) is 11.6 Å². The van der Waals surface area contributed by atoms with Gasteiger partial charge >= 0.3 is 0 Å². The second kappa shape index (κ2) is 9.59. The maximum absolute atomic E-state index is 12.0. The summed E-state index contributed by atoms with van der Waals surface area (Å²) in [7, 11) is -3.50. The number of aryl methyl sites for hydroxylation is 1. The van der Waals surface area contributed by atoms with Gasteiger partial charge in [-0.1, -0.05) is 48.0 Å². The number of rotatable bonds is 9. The van der Waals surface area contributed by atoms with Crippen LogP contribution >= 0.6 is 11.6 Å². The number of nitrogens with one attached hydrogen (secondary N) is 1. The lowest BCUT2D eigenvalue weighted by atomic mass is 10.1. The van der Waals surface area contributed by atoms with Crippen molar-refractivity contribution in [2.45, 2.75) is 19.3 Å². The highest BCUT2D eigenvalue weighted by atomic mass is 35.5. The topological polar surface area (TPSA) is 66.5 Å². The molecule has 1 amide bonds. The Kier molecular flexibility index (Phi) is 7.48. The van der Waals surface area contributed by atoms with E-state index in [1.165, 1.54) is 9.87 Å². The summed E-state index contributed by atoms with van der Waals surface area (Å²) in [6.45, 7) is 0.632. The van der Waals surface area contributed by atoms with Gasteiger partial charge in [-0.15, -0.1) is 0 Å². The van der Waals surface area contributed by atoms with Gasteiger partial charge in [-0.2, -0.15) is 0 Å². The van der Waals surface area contributed by atoms with Crippen LogP contribution in [0.4, 0.5) is 5.69 Å². The Balaban J connectivity index is 1.81. The van der Waals surface area contributed by atoms with E-state index in [0.29, 0.717) is 17.3 Å². The van der Waals surface area contributed by atoms with Crippen LogP contribution in [0.2, 0.25) is 5.02 Å². The number of sulfonamides is 1. The van der Waals surface area contributed by atoms with E-state index in [-0.39, 0.29) is 18.9 Å². The van der Waals surface area contributed by atoms with Gasteiger partial charge in [0.25, 0.3) is 0 Å². The molecule has 2 aromatic rings. The number of carbonyl (C=O) groups excluding carboxylic acids is 1. The first-order valence-corrected chi connectivity index (χ1v) is 10.6. The third-order valence-corrected chi connectivity index (χ3v) is 5.27. The fourth-order valence-corrected chi connectivity index (χ4v) is 3.68. The molecule has 2 rings (SSSR count). The standard InChI is InChI=1S/C19H23ClN2O3S/c1-26(24,25)22(18-11-5-10-17(20)15-18)14-12-19(23)21-13-6-9-16-7-3-2-4-8-16/h2-5,7-8,10-11,15H,6,9,12-14H2,1H3,(H,21,23). The predicted octanol–water partition coefficient (Wildman–Crippen LogP) is 3.25. The average Bonchev–Trinajstić information content (AvgIpc) is 2.59. The molecular formula is C19H23ClN2O3S. The quantitative estimate of drug-likeness (QED) is 0.664. The fraction of sp³-hybridized carbons (Fsp3) is 0.316. The highest BCUT2D eigenvalue weighted by Crippen LogP contribution is 2.21. The normalized spacial score (nSPS) is 11.2. The molecule has 0 spiro atoms. The van der Waals surface area contributed by atoms with Gasteiger partial charge in [-0.25, -0.2) is 8.42 Å². The average molecular weight is 395 g/mol. The minimum Gasteiger partial charge on any atom is -0.356 e. The SMILES string of the molecule is CS(=O)(=O)N(CCC(=O)NCCCc1ccccc1)c1cccc(Cl)c1. The van der Waals surface area contributed by atoms with Crippen LogP contribution in [0.25, 0.3) is 0 Å². The highest BCUT2D eigenvalue weighted by molar-refractivity contribution is 7.92. The number of benzene rings is 2. The third kappa shape index (κ3) is 6.69. The highest BCUT2D eigenvalue weighted by Gasteiger charge is 2.18. The molecule has 0 aliphatic carbocycles. The molecule has 0 saturated heterocycles. The van der Waals surface area contributed by atoms with Crippen LogP contribution in [0.1, 0.15) is 18.4 Å². The van der Waals surface area contributed by atoms with Gasteiger partial charge in [0.15, 0.2) is 0 Å². The van der Waals surface area contributed by atoms with E-state index in [9.17, 15) is 13.2 Å². The molecule has 0 atom stereocenters. The number of carbonyl (C=O) groups is 1. The molecule has 140 valence electrons. The largest absolute Gasteiger partial charge is 0.356 e. The van der Waals surface area contributed by atoms with E-state index < -0.39 is 10.0 Å². The summed E-state index contributed by atoms with van der Waals surface area (Å²) in [4.78, 5) is 12.0. The Hall–Kier alpha value is -2.05. The van der Waals surface area contributed by atoms with E-state index in [0.717, 1.165) is 19.1 Å². The van der Waals surface area contributed by atoms with Crippen molar-refractivity contribution in [1.29, 1.82) is 0 Å². The molecule has 1 N–H and O–H groups in total. The van der Waals surface area contributed by atoms with Gasteiger partial charge in [0.05, 0.1) is 11.9 Å². The lowest BCUT2D eigenvalue weighted by molar-refractivity contribution is -0.120. The maximum Gasteiger partial charge on any atom is 0.232 e. The van der Waals surface area contributed by atoms with Crippen LogP contribution in [-0.2, 0) is 21.2 Å². The lowest BCUT2D eigenvalue weighted by Crippen LogP contribution is -2.35. The third-order valence-electron chi connectivity index (χ3n) is 3.85. The maximum atomic E-state index is 12.0.